The lowest BCUT2D eigenvalue weighted by Gasteiger charge is -2.21. The van der Waals surface area contributed by atoms with Gasteiger partial charge in [-0.15, -0.1) is 0 Å². The Bertz CT molecular complexity index is 701. The van der Waals surface area contributed by atoms with Crippen LogP contribution in [0.1, 0.15) is 24.4 Å². The summed E-state index contributed by atoms with van der Waals surface area (Å²) < 4.78 is 18.1. The number of halogens is 2. The molecule has 0 fully saturated rings. The summed E-state index contributed by atoms with van der Waals surface area (Å²) in [5.74, 6) is -1.53. The Morgan fingerprint density at radius 3 is 2.57 bits per heavy atom. The number of carbonyl (C=O) groups excluding carboxylic acids is 2. The Morgan fingerprint density at radius 1 is 1.26 bits per heavy atom. The van der Waals surface area contributed by atoms with Crippen molar-refractivity contribution in [3.05, 3.63) is 53.2 Å². The average Bonchev–Trinajstić information content (AvgIpc) is 3.02. The van der Waals surface area contributed by atoms with E-state index in [9.17, 15) is 14.0 Å². The molecule has 122 valence electrons. The smallest absolute Gasteiger partial charge is 0.287 e. The monoisotopic (exact) mass is 338 g/mol. The third-order valence-electron chi connectivity index (χ3n) is 3.17. The summed E-state index contributed by atoms with van der Waals surface area (Å²) in [6.07, 6.45) is 1.37. The minimum absolute atomic E-state index is 0.0940. The minimum atomic E-state index is -0.781. The summed E-state index contributed by atoms with van der Waals surface area (Å²) in [6, 6.07) is 6.16. The molecule has 2 rings (SSSR count). The van der Waals surface area contributed by atoms with E-state index in [1.54, 1.807) is 19.9 Å². The zero-order chi connectivity index (χ0) is 17.0. The summed E-state index contributed by atoms with van der Waals surface area (Å²) in [6.45, 7) is 3.59. The van der Waals surface area contributed by atoms with Gasteiger partial charge in [0.15, 0.2) is 5.76 Å². The van der Waals surface area contributed by atoms with Gasteiger partial charge in [0, 0.05) is 5.69 Å². The second kappa shape index (κ2) is 7.28. The fourth-order valence-corrected chi connectivity index (χ4v) is 2.13. The molecule has 23 heavy (non-hydrogen) atoms. The lowest BCUT2D eigenvalue weighted by Crippen LogP contribution is -2.47. The third-order valence-corrected chi connectivity index (χ3v) is 3.46. The van der Waals surface area contributed by atoms with Crippen LogP contribution in [0.4, 0.5) is 10.1 Å². The number of anilines is 1. The molecule has 0 radical (unpaired) electrons. The van der Waals surface area contributed by atoms with Crippen molar-refractivity contribution in [1.29, 1.82) is 0 Å². The van der Waals surface area contributed by atoms with Crippen molar-refractivity contribution in [1.82, 2.24) is 5.32 Å². The first kappa shape index (κ1) is 17.0. The van der Waals surface area contributed by atoms with E-state index in [1.807, 2.05) is 0 Å². The molecule has 0 aliphatic rings. The van der Waals surface area contributed by atoms with Crippen molar-refractivity contribution in [3.63, 3.8) is 0 Å². The first-order valence-electron chi connectivity index (χ1n) is 6.98. The summed E-state index contributed by atoms with van der Waals surface area (Å²) in [4.78, 5) is 24.4. The van der Waals surface area contributed by atoms with Crippen molar-refractivity contribution in [2.45, 2.75) is 19.9 Å². The molecule has 5 nitrogen and oxygen atoms in total. The van der Waals surface area contributed by atoms with Gasteiger partial charge in [-0.1, -0.05) is 25.4 Å². The van der Waals surface area contributed by atoms with E-state index in [0.717, 1.165) is 6.07 Å². The van der Waals surface area contributed by atoms with Gasteiger partial charge in [0.25, 0.3) is 5.91 Å². The van der Waals surface area contributed by atoms with Crippen LogP contribution in [0, 0.1) is 11.7 Å². The highest BCUT2D eigenvalue weighted by Crippen LogP contribution is 2.20. The van der Waals surface area contributed by atoms with Crippen molar-refractivity contribution < 1.29 is 18.4 Å². The molecule has 2 N–H and O–H groups in total. The molecule has 0 unspecified atom stereocenters. The number of rotatable bonds is 5. The molecular formula is C16H16ClFN2O3. The molecular weight excluding hydrogens is 323 g/mol. The van der Waals surface area contributed by atoms with Crippen molar-refractivity contribution in [3.8, 4) is 0 Å². The van der Waals surface area contributed by atoms with E-state index in [4.69, 9.17) is 16.0 Å². The lowest BCUT2D eigenvalue weighted by molar-refractivity contribution is -0.118. The number of amides is 2. The Balaban J connectivity index is 2.09. The topological polar surface area (TPSA) is 71.3 Å². The number of hydrogen-bond donors (Lipinski definition) is 2. The molecule has 7 heteroatoms. The highest BCUT2D eigenvalue weighted by Gasteiger charge is 2.25. The Labute approximate surface area is 137 Å². The second-order valence-electron chi connectivity index (χ2n) is 5.29. The third kappa shape index (κ3) is 4.32. The van der Waals surface area contributed by atoms with Crippen LogP contribution in [-0.2, 0) is 4.79 Å². The largest absolute Gasteiger partial charge is 0.459 e. The highest BCUT2D eigenvalue weighted by molar-refractivity contribution is 6.31. The van der Waals surface area contributed by atoms with Crippen molar-refractivity contribution >= 4 is 29.1 Å². The molecule has 0 aliphatic carbocycles. The number of hydrogen-bond acceptors (Lipinski definition) is 3. The van der Waals surface area contributed by atoms with Crippen LogP contribution in [0.15, 0.2) is 41.0 Å². The number of carbonyl (C=O) groups is 2. The summed E-state index contributed by atoms with van der Waals surface area (Å²) >= 11 is 5.68. The minimum Gasteiger partial charge on any atom is -0.459 e. The maximum atomic E-state index is 13.1. The first-order chi connectivity index (χ1) is 10.9. The summed E-state index contributed by atoms with van der Waals surface area (Å²) in [5.41, 5.74) is 0.347. The zero-order valence-electron chi connectivity index (χ0n) is 12.6. The summed E-state index contributed by atoms with van der Waals surface area (Å²) in [7, 11) is 0. The predicted octanol–water partition coefficient (Wildman–Crippen LogP) is 3.47. The Morgan fingerprint density at radius 2 is 2.00 bits per heavy atom. The van der Waals surface area contributed by atoms with E-state index < -0.39 is 23.7 Å². The van der Waals surface area contributed by atoms with Gasteiger partial charge in [-0.05, 0) is 36.2 Å². The van der Waals surface area contributed by atoms with Gasteiger partial charge >= 0.3 is 0 Å². The van der Waals surface area contributed by atoms with E-state index in [-0.39, 0.29) is 16.7 Å². The highest BCUT2D eigenvalue weighted by atomic mass is 35.5. The summed E-state index contributed by atoms with van der Waals surface area (Å²) in [5, 5.41) is 5.13. The van der Waals surface area contributed by atoms with Gasteiger partial charge in [-0.2, -0.15) is 0 Å². The number of benzene rings is 1. The molecule has 0 spiro atoms. The molecule has 1 aromatic carbocycles. The average molecular weight is 339 g/mol. The van der Waals surface area contributed by atoms with Crippen molar-refractivity contribution in [2.24, 2.45) is 5.92 Å². The SMILES string of the molecule is CC(C)[C@H](NC(=O)c1ccco1)C(=O)Nc1ccc(F)c(Cl)c1. The molecule has 2 amide bonds. The fourth-order valence-electron chi connectivity index (χ4n) is 1.95. The molecule has 1 heterocycles. The molecule has 0 saturated heterocycles. The van der Waals surface area contributed by atoms with Gasteiger partial charge in [0.05, 0.1) is 11.3 Å². The van der Waals surface area contributed by atoms with Crippen LogP contribution in [0.2, 0.25) is 5.02 Å². The Hall–Kier alpha value is -2.34. The van der Waals surface area contributed by atoms with Gasteiger partial charge in [0.1, 0.15) is 11.9 Å². The predicted molar refractivity (Wildman–Crippen MR) is 84.8 cm³/mol. The standard InChI is InChI=1S/C16H16ClFN2O3/c1-9(2)14(20-15(21)13-4-3-7-23-13)16(22)19-10-5-6-12(18)11(17)8-10/h3-9,14H,1-2H3,(H,19,22)(H,20,21)/t14-/m0/s1. The van der Waals surface area contributed by atoms with Crippen LogP contribution in [-0.4, -0.2) is 17.9 Å². The molecule has 0 saturated carbocycles. The lowest BCUT2D eigenvalue weighted by atomic mass is 10.0. The molecule has 1 aromatic heterocycles. The second-order valence-corrected chi connectivity index (χ2v) is 5.70. The maximum Gasteiger partial charge on any atom is 0.287 e. The number of nitrogens with one attached hydrogen (secondary N) is 2. The van der Waals surface area contributed by atoms with Gasteiger partial charge in [-0.25, -0.2) is 4.39 Å². The van der Waals surface area contributed by atoms with Gasteiger partial charge in [0.2, 0.25) is 5.91 Å². The van der Waals surface area contributed by atoms with Crippen LogP contribution in [0.5, 0.6) is 0 Å². The molecule has 0 aliphatic heterocycles. The van der Waals surface area contributed by atoms with Crippen LogP contribution in [0.25, 0.3) is 0 Å². The van der Waals surface area contributed by atoms with E-state index in [2.05, 4.69) is 10.6 Å². The normalized spacial score (nSPS) is 12.0. The van der Waals surface area contributed by atoms with Crippen LogP contribution in [0.3, 0.4) is 0 Å². The Kier molecular flexibility index (Phi) is 5.39. The quantitative estimate of drug-likeness (QED) is 0.877. The first-order valence-corrected chi connectivity index (χ1v) is 7.36. The van der Waals surface area contributed by atoms with E-state index in [1.165, 1.54) is 24.5 Å². The molecule has 1 atom stereocenters. The zero-order valence-corrected chi connectivity index (χ0v) is 13.4. The van der Waals surface area contributed by atoms with Crippen LogP contribution < -0.4 is 10.6 Å². The van der Waals surface area contributed by atoms with E-state index >= 15 is 0 Å². The van der Waals surface area contributed by atoms with Crippen LogP contribution >= 0.6 is 11.6 Å². The van der Waals surface area contributed by atoms with Gasteiger partial charge < -0.3 is 15.1 Å². The fraction of sp³-hybridized carbons (Fsp3) is 0.250. The number of furan rings is 1. The van der Waals surface area contributed by atoms with E-state index in [0.29, 0.717) is 5.69 Å². The van der Waals surface area contributed by atoms with Gasteiger partial charge in [-0.3, -0.25) is 9.59 Å². The molecule has 0 bridgehead atoms. The maximum absolute atomic E-state index is 13.1. The van der Waals surface area contributed by atoms with Crippen molar-refractivity contribution in [2.75, 3.05) is 5.32 Å². The molecule has 2 aromatic rings.